The molecule has 100 valence electrons. The minimum atomic E-state index is -0.730. The molecule has 0 aromatic carbocycles. The molecule has 4 heteroatoms. The molecule has 0 aromatic heterocycles. The molecule has 0 aliphatic heterocycles. The highest BCUT2D eigenvalue weighted by atomic mass is 16.4. The van der Waals surface area contributed by atoms with E-state index in [-0.39, 0.29) is 5.41 Å². The van der Waals surface area contributed by atoms with Crippen LogP contribution >= 0.6 is 0 Å². The number of carbonyl (C=O) groups excluding carboxylic acids is 1. The summed E-state index contributed by atoms with van der Waals surface area (Å²) in [6.07, 6.45) is 7.76. The zero-order valence-electron chi connectivity index (χ0n) is 10.6. The molecular weight excluding hydrogens is 230 g/mol. The monoisotopic (exact) mass is 251 g/mol. The summed E-state index contributed by atoms with van der Waals surface area (Å²) in [5, 5.41) is 12.1. The maximum absolute atomic E-state index is 11.6. The van der Waals surface area contributed by atoms with Gasteiger partial charge >= 0.3 is 5.97 Å². The topological polar surface area (TPSA) is 66.4 Å². The lowest BCUT2D eigenvalue weighted by Crippen LogP contribution is -2.53. The molecule has 4 aliphatic carbocycles. The van der Waals surface area contributed by atoms with Gasteiger partial charge in [-0.1, -0.05) is 0 Å². The fourth-order valence-electron chi connectivity index (χ4n) is 5.34. The van der Waals surface area contributed by atoms with E-state index in [1.807, 2.05) is 0 Å². The Balaban J connectivity index is 1.83. The van der Waals surface area contributed by atoms with Gasteiger partial charge in [-0.3, -0.25) is 9.59 Å². The lowest BCUT2D eigenvalue weighted by Gasteiger charge is -2.58. The molecule has 4 saturated carbocycles. The van der Waals surface area contributed by atoms with Crippen LogP contribution in [0.3, 0.4) is 0 Å². The van der Waals surface area contributed by atoms with Crippen LogP contribution in [0.2, 0.25) is 0 Å². The minimum Gasteiger partial charge on any atom is -0.481 e. The summed E-state index contributed by atoms with van der Waals surface area (Å²) in [6, 6.07) is 0. The van der Waals surface area contributed by atoms with E-state index < -0.39 is 11.9 Å². The van der Waals surface area contributed by atoms with Crippen molar-refractivity contribution in [3.63, 3.8) is 0 Å². The number of nitrogens with one attached hydrogen (secondary N) is 1. The van der Waals surface area contributed by atoms with E-state index in [1.165, 1.54) is 19.3 Å². The zero-order chi connectivity index (χ0) is 12.8. The third kappa shape index (κ3) is 1.82. The van der Waals surface area contributed by atoms with Crippen molar-refractivity contribution in [3.8, 4) is 0 Å². The van der Waals surface area contributed by atoms with Crippen molar-refractivity contribution in [2.75, 3.05) is 6.54 Å². The highest BCUT2D eigenvalue weighted by Gasteiger charge is 2.55. The van der Waals surface area contributed by atoms with Crippen molar-refractivity contribution in [2.45, 2.75) is 38.5 Å². The average molecular weight is 251 g/mol. The van der Waals surface area contributed by atoms with Gasteiger partial charge < -0.3 is 10.4 Å². The molecular formula is C14H21NO3. The Hall–Kier alpha value is -1.06. The third-order valence-corrected chi connectivity index (χ3v) is 5.53. The molecule has 0 radical (unpaired) electrons. The van der Waals surface area contributed by atoms with Crippen LogP contribution in [-0.2, 0) is 9.59 Å². The van der Waals surface area contributed by atoms with Crippen LogP contribution in [0, 0.1) is 29.1 Å². The van der Waals surface area contributed by atoms with Crippen LogP contribution in [0.15, 0.2) is 0 Å². The molecule has 1 atom stereocenters. The molecule has 0 saturated heterocycles. The number of aliphatic carboxylic acids is 1. The Morgan fingerprint density at radius 1 is 1.22 bits per heavy atom. The highest BCUT2D eigenvalue weighted by Crippen LogP contribution is 2.62. The minimum absolute atomic E-state index is 0.0312. The molecule has 4 fully saturated rings. The maximum atomic E-state index is 11.6. The second-order valence-corrected chi connectivity index (χ2v) is 6.70. The van der Waals surface area contributed by atoms with Crippen molar-refractivity contribution in [1.82, 2.24) is 5.32 Å². The molecule has 4 nitrogen and oxygen atoms in total. The molecule has 4 rings (SSSR count). The van der Waals surface area contributed by atoms with E-state index in [0.29, 0.717) is 13.0 Å². The number of carbonyl (C=O) groups is 2. The average Bonchev–Trinajstić information content (AvgIpc) is 2.26. The molecule has 2 N–H and O–H groups in total. The van der Waals surface area contributed by atoms with Crippen molar-refractivity contribution in [1.29, 1.82) is 0 Å². The second-order valence-electron chi connectivity index (χ2n) is 6.70. The normalized spacial score (nSPS) is 42.6. The number of amides is 1. The molecule has 0 spiro atoms. The van der Waals surface area contributed by atoms with Gasteiger partial charge in [-0.25, -0.2) is 0 Å². The summed E-state index contributed by atoms with van der Waals surface area (Å²) in [7, 11) is 0. The highest BCUT2D eigenvalue weighted by molar-refractivity contribution is 5.72. The summed E-state index contributed by atoms with van der Waals surface area (Å²) < 4.78 is 0. The fourth-order valence-corrected chi connectivity index (χ4v) is 5.34. The molecule has 0 aromatic rings. The number of carboxylic acid groups (broad SMARTS) is 1. The van der Waals surface area contributed by atoms with Crippen molar-refractivity contribution < 1.29 is 14.7 Å². The first-order valence-electron chi connectivity index (χ1n) is 7.03. The lowest BCUT2D eigenvalue weighted by molar-refractivity contribution is -0.157. The predicted molar refractivity (Wildman–Crippen MR) is 65.8 cm³/mol. The predicted octanol–water partition coefficient (Wildman–Crippen LogP) is 1.65. The third-order valence-electron chi connectivity index (χ3n) is 5.53. The summed E-state index contributed by atoms with van der Waals surface area (Å²) in [5.41, 5.74) is -0.0312. The van der Waals surface area contributed by atoms with Gasteiger partial charge in [0.05, 0.1) is 5.92 Å². The van der Waals surface area contributed by atoms with Crippen molar-refractivity contribution in [2.24, 2.45) is 29.1 Å². The van der Waals surface area contributed by atoms with E-state index in [2.05, 4.69) is 5.32 Å². The first kappa shape index (κ1) is 12.0. The smallest absolute Gasteiger partial charge is 0.308 e. The first-order chi connectivity index (χ1) is 8.63. The van der Waals surface area contributed by atoms with Crippen molar-refractivity contribution in [3.05, 3.63) is 0 Å². The van der Waals surface area contributed by atoms with Crippen LogP contribution in [0.4, 0.5) is 0 Å². The van der Waals surface area contributed by atoms with E-state index in [9.17, 15) is 14.7 Å². The number of carboxylic acids is 1. The Kier molecular flexibility index (Phi) is 2.83. The van der Waals surface area contributed by atoms with Crippen LogP contribution in [0.25, 0.3) is 0 Å². The van der Waals surface area contributed by atoms with Gasteiger partial charge in [0.1, 0.15) is 0 Å². The number of hydrogen-bond acceptors (Lipinski definition) is 2. The summed E-state index contributed by atoms with van der Waals surface area (Å²) >= 11 is 0. The summed E-state index contributed by atoms with van der Waals surface area (Å²) in [4.78, 5) is 22.0. The van der Waals surface area contributed by atoms with Gasteiger partial charge in [-0.2, -0.15) is 0 Å². The first-order valence-corrected chi connectivity index (χ1v) is 7.03. The molecule has 1 unspecified atom stereocenters. The Bertz CT molecular complexity index is 331. The van der Waals surface area contributed by atoms with Crippen molar-refractivity contribution >= 4 is 12.4 Å². The van der Waals surface area contributed by atoms with E-state index in [4.69, 9.17) is 0 Å². The summed E-state index contributed by atoms with van der Waals surface area (Å²) in [5.74, 6) is 1.11. The molecule has 18 heavy (non-hydrogen) atoms. The Labute approximate surface area is 107 Å². The number of hydrogen-bond donors (Lipinski definition) is 2. The second kappa shape index (κ2) is 4.25. The Morgan fingerprint density at radius 3 is 2.11 bits per heavy atom. The van der Waals surface area contributed by atoms with Gasteiger partial charge in [0.15, 0.2) is 0 Å². The van der Waals surface area contributed by atoms with Gasteiger partial charge in [-0.05, 0) is 61.7 Å². The Morgan fingerprint density at radius 2 is 1.72 bits per heavy atom. The van der Waals surface area contributed by atoms with Gasteiger partial charge in [0.2, 0.25) is 6.41 Å². The maximum Gasteiger partial charge on any atom is 0.308 e. The van der Waals surface area contributed by atoms with Crippen LogP contribution in [0.1, 0.15) is 38.5 Å². The van der Waals surface area contributed by atoms with Crippen LogP contribution < -0.4 is 5.32 Å². The largest absolute Gasteiger partial charge is 0.481 e. The quantitative estimate of drug-likeness (QED) is 0.730. The SMILES string of the molecule is O=CNCC(C(=O)O)C12CC3CC(CC(C3)C1)C2. The van der Waals surface area contributed by atoms with Gasteiger partial charge in [0.25, 0.3) is 0 Å². The molecule has 0 heterocycles. The number of rotatable bonds is 5. The van der Waals surface area contributed by atoms with E-state index >= 15 is 0 Å². The molecule has 4 aliphatic rings. The zero-order valence-corrected chi connectivity index (χ0v) is 10.6. The lowest BCUT2D eigenvalue weighted by atomic mass is 9.46. The fraction of sp³-hybridized carbons (Fsp3) is 0.857. The molecule has 4 bridgehead atoms. The van der Waals surface area contributed by atoms with E-state index in [1.54, 1.807) is 0 Å². The van der Waals surface area contributed by atoms with Gasteiger partial charge in [0, 0.05) is 6.54 Å². The standard InChI is InChI=1S/C14H21NO3/c16-8-15-7-12(13(17)18)14-4-9-1-10(5-14)3-11(2-9)6-14/h8-12H,1-7H2,(H,15,16)(H,17,18). The van der Waals surface area contributed by atoms with E-state index in [0.717, 1.165) is 37.0 Å². The molecule has 1 amide bonds. The summed E-state index contributed by atoms with van der Waals surface area (Å²) in [6.45, 7) is 0.297. The van der Waals surface area contributed by atoms with Crippen LogP contribution in [0.5, 0.6) is 0 Å². The van der Waals surface area contributed by atoms with Gasteiger partial charge in [-0.15, -0.1) is 0 Å². The van der Waals surface area contributed by atoms with Crippen LogP contribution in [-0.4, -0.2) is 24.0 Å².